The summed E-state index contributed by atoms with van der Waals surface area (Å²) in [5, 5.41) is 2.47. The van der Waals surface area contributed by atoms with Crippen LogP contribution < -0.4 is 0 Å². The summed E-state index contributed by atoms with van der Waals surface area (Å²) in [7, 11) is 0. The van der Waals surface area contributed by atoms with Crippen LogP contribution in [0.25, 0.3) is 10.8 Å². The highest BCUT2D eigenvalue weighted by molar-refractivity contribution is 5.88. The molecular weight excluding hydrogens is 216 g/mol. The molecule has 0 spiro atoms. The van der Waals surface area contributed by atoms with Gasteiger partial charge in [-0.25, -0.2) is 0 Å². The maximum Gasteiger partial charge on any atom is 0.0323 e. The molecule has 0 aliphatic carbocycles. The van der Waals surface area contributed by atoms with E-state index < -0.39 is 0 Å². The van der Waals surface area contributed by atoms with Gasteiger partial charge in [0.25, 0.3) is 0 Å². The van der Waals surface area contributed by atoms with Crippen LogP contribution in [0.1, 0.15) is 25.8 Å². The Morgan fingerprint density at radius 2 is 1.83 bits per heavy atom. The zero-order valence-electron chi connectivity index (χ0n) is 11.0. The van der Waals surface area contributed by atoms with Crippen LogP contribution in [0, 0.1) is 17.3 Å². The molecule has 0 fully saturated rings. The predicted molar refractivity (Wildman–Crippen MR) is 79.4 cm³/mol. The monoisotopic (exact) mass is 234 g/mol. The molecule has 0 aromatic heterocycles. The third-order valence-corrected chi connectivity index (χ3v) is 2.98. The van der Waals surface area contributed by atoms with E-state index in [0.29, 0.717) is 0 Å². The minimum absolute atomic E-state index is 0.0152. The fourth-order valence-electron chi connectivity index (χ4n) is 1.98. The van der Waals surface area contributed by atoms with E-state index in [1.54, 1.807) is 0 Å². The van der Waals surface area contributed by atoms with Gasteiger partial charge in [-0.3, -0.25) is 0 Å². The molecule has 0 nitrogen and oxygen atoms in total. The van der Waals surface area contributed by atoms with Gasteiger partial charge in [-0.05, 0) is 37.1 Å². The summed E-state index contributed by atoms with van der Waals surface area (Å²) in [4.78, 5) is 0. The second kappa shape index (κ2) is 5.10. The highest BCUT2D eigenvalue weighted by Crippen LogP contribution is 2.21. The van der Waals surface area contributed by atoms with Crippen LogP contribution in [0.15, 0.2) is 55.1 Å². The molecule has 0 N–H and O–H groups in total. The predicted octanol–water partition coefficient (Wildman–Crippen LogP) is 4.79. The van der Waals surface area contributed by atoms with E-state index in [1.165, 1.54) is 10.8 Å². The van der Waals surface area contributed by atoms with Gasteiger partial charge in [0.05, 0.1) is 0 Å². The fraction of sp³-hybridized carbons (Fsp3) is 0.222. The Morgan fingerprint density at radius 1 is 1.11 bits per heavy atom. The second-order valence-electron chi connectivity index (χ2n) is 5.15. The van der Waals surface area contributed by atoms with Crippen LogP contribution in [0.5, 0.6) is 0 Å². The molecule has 2 aromatic carbocycles. The number of fused-ring (bicyclic) bond motifs is 1. The van der Waals surface area contributed by atoms with Gasteiger partial charge in [-0.2, -0.15) is 0 Å². The van der Waals surface area contributed by atoms with Crippen molar-refractivity contribution in [3.8, 4) is 11.8 Å². The molecule has 2 rings (SSSR count). The van der Waals surface area contributed by atoms with Crippen molar-refractivity contribution in [1.29, 1.82) is 0 Å². The maximum atomic E-state index is 3.78. The summed E-state index contributed by atoms with van der Waals surface area (Å²) in [6, 6.07) is 14.6. The van der Waals surface area contributed by atoms with Gasteiger partial charge in [-0.15, -0.1) is 6.58 Å². The van der Waals surface area contributed by atoms with E-state index in [1.807, 2.05) is 6.08 Å². The van der Waals surface area contributed by atoms with Crippen LogP contribution in [0.4, 0.5) is 0 Å². The van der Waals surface area contributed by atoms with Crippen LogP contribution in [0.2, 0.25) is 0 Å². The average Bonchev–Trinajstić information content (AvgIpc) is 2.36. The Labute approximate surface area is 109 Å². The lowest BCUT2D eigenvalue weighted by Gasteiger charge is -2.13. The molecule has 0 saturated heterocycles. The minimum Gasteiger partial charge on any atom is -0.103 e. The molecule has 0 saturated carbocycles. The van der Waals surface area contributed by atoms with Gasteiger partial charge >= 0.3 is 0 Å². The molecule has 0 atom stereocenters. The van der Waals surface area contributed by atoms with Crippen molar-refractivity contribution >= 4 is 10.8 Å². The van der Waals surface area contributed by atoms with Gasteiger partial charge in [0.1, 0.15) is 0 Å². The highest BCUT2D eigenvalue weighted by Gasteiger charge is 2.11. The third kappa shape index (κ3) is 2.81. The molecule has 0 amide bonds. The van der Waals surface area contributed by atoms with E-state index in [0.717, 1.165) is 12.0 Å². The SMILES string of the molecule is C=CCC(C)(C)C#Cc1cccc2ccccc12. The molecule has 2 aromatic rings. The smallest absolute Gasteiger partial charge is 0.0323 e. The van der Waals surface area contributed by atoms with Crippen molar-refractivity contribution in [2.45, 2.75) is 20.3 Å². The van der Waals surface area contributed by atoms with Gasteiger partial charge in [0, 0.05) is 11.0 Å². The van der Waals surface area contributed by atoms with Crippen molar-refractivity contribution in [2.75, 3.05) is 0 Å². The Morgan fingerprint density at radius 3 is 2.61 bits per heavy atom. The fourth-order valence-corrected chi connectivity index (χ4v) is 1.98. The molecule has 0 unspecified atom stereocenters. The Kier molecular flexibility index (Phi) is 3.53. The van der Waals surface area contributed by atoms with Gasteiger partial charge in [-0.1, -0.05) is 54.3 Å². The maximum absolute atomic E-state index is 3.78. The van der Waals surface area contributed by atoms with E-state index in [-0.39, 0.29) is 5.41 Å². The lowest BCUT2D eigenvalue weighted by molar-refractivity contribution is 0.513. The topological polar surface area (TPSA) is 0 Å². The zero-order valence-corrected chi connectivity index (χ0v) is 11.0. The standard InChI is InChI=1S/C18H18/c1-4-13-18(2,3)14-12-16-10-7-9-15-8-5-6-11-17(15)16/h4-11H,1,13H2,2-3H3. The number of rotatable bonds is 2. The molecule has 0 heteroatoms. The first-order chi connectivity index (χ1) is 8.62. The van der Waals surface area contributed by atoms with Crippen LogP contribution >= 0.6 is 0 Å². The van der Waals surface area contributed by atoms with Gasteiger partial charge < -0.3 is 0 Å². The first-order valence-electron chi connectivity index (χ1n) is 6.24. The molecule has 0 heterocycles. The van der Waals surface area contributed by atoms with Gasteiger partial charge in [0.15, 0.2) is 0 Å². The Bertz CT molecular complexity index is 616. The van der Waals surface area contributed by atoms with Gasteiger partial charge in [0.2, 0.25) is 0 Å². The van der Waals surface area contributed by atoms with Crippen molar-refractivity contribution in [3.63, 3.8) is 0 Å². The summed E-state index contributed by atoms with van der Waals surface area (Å²) in [5.74, 6) is 6.66. The molecular formula is C18H18. The summed E-state index contributed by atoms with van der Waals surface area (Å²) < 4.78 is 0. The lowest BCUT2D eigenvalue weighted by Crippen LogP contribution is -2.05. The van der Waals surface area contributed by atoms with E-state index in [9.17, 15) is 0 Å². The average molecular weight is 234 g/mol. The summed E-state index contributed by atoms with van der Waals surface area (Å²) in [5.41, 5.74) is 1.09. The van der Waals surface area contributed by atoms with E-state index >= 15 is 0 Å². The van der Waals surface area contributed by atoms with E-state index in [2.05, 4.69) is 74.7 Å². The van der Waals surface area contributed by atoms with Crippen LogP contribution in [-0.4, -0.2) is 0 Å². The number of benzene rings is 2. The molecule has 18 heavy (non-hydrogen) atoms. The molecule has 90 valence electrons. The number of allylic oxidation sites excluding steroid dienone is 1. The van der Waals surface area contributed by atoms with Crippen molar-refractivity contribution in [3.05, 3.63) is 60.7 Å². The number of hydrogen-bond acceptors (Lipinski definition) is 0. The van der Waals surface area contributed by atoms with Crippen LogP contribution in [0.3, 0.4) is 0 Å². The van der Waals surface area contributed by atoms with Crippen molar-refractivity contribution in [1.82, 2.24) is 0 Å². The first kappa shape index (κ1) is 12.5. The van der Waals surface area contributed by atoms with Crippen molar-refractivity contribution < 1.29 is 0 Å². The number of hydrogen-bond donors (Lipinski definition) is 0. The van der Waals surface area contributed by atoms with E-state index in [4.69, 9.17) is 0 Å². The Hall–Kier alpha value is -2.00. The summed E-state index contributed by atoms with van der Waals surface area (Å²) in [6.07, 6.45) is 2.84. The minimum atomic E-state index is -0.0152. The zero-order chi connectivity index (χ0) is 13.0. The second-order valence-corrected chi connectivity index (χ2v) is 5.15. The first-order valence-corrected chi connectivity index (χ1v) is 6.24. The summed E-state index contributed by atoms with van der Waals surface area (Å²) >= 11 is 0. The largest absolute Gasteiger partial charge is 0.103 e. The molecule has 0 aliphatic heterocycles. The quantitative estimate of drug-likeness (QED) is 0.517. The van der Waals surface area contributed by atoms with Crippen molar-refractivity contribution in [2.24, 2.45) is 5.41 Å². The van der Waals surface area contributed by atoms with Crippen LogP contribution in [-0.2, 0) is 0 Å². The lowest BCUT2D eigenvalue weighted by atomic mass is 9.90. The molecule has 0 aliphatic rings. The highest BCUT2D eigenvalue weighted by atomic mass is 14.1. The summed E-state index contributed by atoms with van der Waals surface area (Å²) in [6.45, 7) is 8.07. The molecule has 0 radical (unpaired) electrons. The normalized spacial score (nSPS) is 10.8. The molecule has 0 bridgehead atoms. The third-order valence-electron chi connectivity index (χ3n) is 2.98. The Balaban J connectivity index is 2.44.